The highest BCUT2D eigenvalue weighted by Gasteiger charge is 2.02. The molecule has 0 atom stereocenters. The molecule has 0 bridgehead atoms. The zero-order valence-corrected chi connectivity index (χ0v) is 9.07. The fourth-order valence-electron chi connectivity index (χ4n) is 0.939. The molecule has 0 amide bonds. The van der Waals surface area contributed by atoms with Crippen molar-refractivity contribution >= 4 is 29.1 Å². The first-order chi connectivity index (χ1) is 6.77. The van der Waals surface area contributed by atoms with Crippen LogP contribution in [0.25, 0.3) is 0 Å². The summed E-state index contributed by atoms with van der Waals surface area (Å²) < 4.78 is 0. The lowest BCUT2D eigenvalue weighted by Gasteiger charge is -1.99. The minimum absolute atomic E-state index is 0.0246. The van der Waals surface area contributed by atoms with Gasteiger partial charge in [0.1, 0.15) is 0 Å². The second-order valence-electron chi connectivity index (χ2n) is 2.57. The van der Waals surface area contributed by atoms with E-state index in [4.69, 9.17) is 18.0 Å². The van der Waals surface area contributed by atoms with Crippen LogP contribution >= 0.6 is 23.4 Å². The zero-order chi connectivity index (χ0) is 10.4. The van der Waals surface area contributed by atoms with Crippen molar-refractivity contribution in [1.29, 1.82) is 0 Å². The Bertz CT molecular complexity index is 351. The van der Waals surface area contributed by atoms with Crippen LogP contribution in [0.15, 0.2) is 29.2 Å². The Balaban J connectivity index is 2.69. The van der Waals surface area contributed by atoms with E-state index in [1.54, 1.807) is 23.9 Å². The molecule has 0 aliphatic heterocycles. The molecule has 0 aliphatic carbocycles. The van der Waals surface area contributed by atoms with Crippen LogP contribution in [0.1, 0.15) is 10.4 Å². The normalized spacial score (nSPS) is 9.43. The van der Waals surface area contributed by atoms with Crippen molar-refractivity contribution in [1.82, 2.24) is 0 Å². The lowest BCUT2D eigenvalue weighted by molar-refractivity contribution is 0.102. The lowest BCUT2D eigenvalue weighted by atomic mass is 10.1. The van der Waals surface area contributed by atoms with E-state index in [-0.39, 0.29) is 11.7 Å². The summed E-state index contributed by atoms with van der Waals surface area (Å²) in [7, 11) is 0. The number of hydrogen-bond acceptors (Lipinski definition) is 2. The number of carbonyl (C=O) groups excluding carboxylic acids is 1. The maximum atomic E-state index is 11.2. The predicted octanol–water partition coefficient (Wildman–Crippen LogP) is 2.83. The molecule has 0 spiro atoms. The summed E-state index contributed by atoms with van der Waals surface area (Å²) >= 11 is 7.00. The number of rotatable bonds is 4. The van der Waals surface area contributed by atoms with Gasteiger partial charge in [0, 0.05) is 10.5 Å². The highest BCUT2D eigenvalue weighted by molar-refractivity contribution is 7.99. The lowest BCUT2D eigenvalue weighted by Crippen LogP contribution is -1.99. The molecule has 0 saturated carbocycles. The van der Waals surface area contributed by atoms with Crippen molar-refractivity contribution in [3.05, 3.63) is 29.8 Å². The molecule has 1 aromatic rings. The SMILES string of the molecule is C#CCSc1ccc(C(=O)CCl)cc1. The minimum atomic E-state index is -0.0554. The van der Waals surface area contributed by atoms with Crippen LogP contribution in [0.5, 0.6) is 0 Å². The summed E-state index contributed by atoms with van der Waals surface area (Å²) in [5.41, 5.74) is 0.644. The van der Waals surface area contributed by atoms with Crippen molar-refractivity contribution in [2.24, 2.45) is 0 Å². The molecule has 1 nitrogen and oxygen atoms in total. The Morgan fingerprint density at radius 1 is 1.43 bits per heavy atom. The number of carbonyl (C=O) groups is 1. The molecule has 1 rings (SSSR count). The Morgan fingerprint density at radius 3 is 2.57 bits per heavy atom. The van der Waals surface area contributed by atoms with Gasteiger partial charge in [-0.1, -0.05) is 18.1 Å². The summed E-state index contributed by atoms with van der Waals surface area (Å²) in [4.78, 5) is 12.2. The van der Waals surface area contributed by atoms with E-state index >= 15 is 0 Å². The van der Waals surface area contributed by atoms with Crippen molar-refractivity contribution in [3.8, 4) is 12.3 Å². The quantitative estimate of drug-likeness (QED) is 0.339. The van der Waals surface area contributed by atoms with Crippen molar-refractivity contribution in [3.63, 3.8) is 0 Å². The Morgan fingerprint density at radius 2 is 2.07 bits per heavy atom. The number of terminal acetylenes is 1. The van der Waals surface area contributed by atoms with E-state index < -0.39 is 0 Å². The van der Waals surface area contributed by atoms with Gasteiger partial charge < -0.3 is 0 Å². The highest BCUT2D eigenvalue weighted by Crippen LogP contribution is 2.17. The van der Waals surface area contributed by atoms with Crippen LogP contribution in [0.4, 0.5) is 0 Å². The van der Waals surface area contributed by atoms with Gasteiger partial charge in [-0.05, 0) is 12.1 Å². The van der Waals surface area contributed by atoms with Gasteiger partial charge in [-0.15, -0.1) is 29.8 Å². The molecule has 14 heavy (non-hydrogen) atoms. The average Bonchev–Trinajstić information content (AvgIpc) is 2.26. The van der Waals surface area contributed by atoms with Crippen LogP contribution in [0.2, 0.25) is 0 Å². The molecular weight excluding hydrogens is 216 g/mol. The highest BCUT2D eigenvalue weighted by atomic mass is 35.5. The Kier molecular flexibility index (Phi) is 4.58. The van der Waals surface area contributed by atoms with E-state index in [9.17, 15) is 4.79 Å². The predicted molar refractivity (Wildman–Crippen MR) is 61.0 cm³/mol. The molecule has 3 heteroatoms. The molecular formula is C11H9ClOS. The molecule has 0 saturated heterocycles. The number of halogens is 1. The molecule has 0 N–H and O–H groups in total. The summed E-state index contributed by atoms with van der Waals surface area (Å²) in [6.07, 6.45) is 5.13. The van der Waals surface area contributed by atoms with Gasteiger partial charge in [0.05, 0.1) is 11.6 Å². The summed E-state index contributed by atoms with van der Waals surface area (Å²) in [5, 5.41) is 0. The topological polar surface area (TPSA) is 17.1 Å². The third kappa shape index (κ3) is 3.10. The summed E-state index contributed by atoms with van der Waals surface area (Å²) in [6.45, 7) is 0. The number of alkyl halides is 1. The van der Waals surface area contributed by atoms with Crippen molar-refractivity contribution in [2.45, 2.75) is 4.90 Å². The van der Waals surface area contributed by atoms with Gasteiger partial charge in [0.2, 0.25) is 0 Å². The van der Waals surface area contributed by atoms with Gasteiger partial charge in [-0.3, -0.25) is 4.79 Å². The third-order valence-corrected chi connectivity index (χ3v) is 2.78. The van der Waals surface area contributed by atoms with Gasteiger partial charge >= 0.3 is 0 Å². The number of thioether (sulfide) groups is 1. The van der Waals surface area contributed by atoms with Crippen LogP contribution < -0.4 is 0 Å². The van der Waals surface area contributed by atoms with Crippen molar-refractivity contribution < 1.29 is 4.79 Å². The van der Waals surface area contributed by atoms with E-state index in [0.29, 0.717) is 11.3 Å². The maximum absolute atomic E-state index is 11.2. The fourth-order valence-corrected chi connectivity index (χ4v) is 1.67. The van der Waals surface area contributed by atoms with E-state index in [1.807, 2.05) is 12.1 Å². The van der Waals surface area contributed by atoms with Gasteiger partial charge in [-0.25, -0.2) is 0 Å². The molecule has 72 valence electrons. The third-order valence-electron chi connectivity index (χ3n) is 1.62. The monoisotopic (exact) mass is 224 g/mol. The van der Waals surface area contributed by atoms with E-state index in [0.717, 1.165) is 4.90 Å². The Hall–Kier alpha value is -0.910. The van der Waals surface area contributed by atoms with Gasteiger partial charge in [0.15, 0.2) is 5.78 Å². The summed E-state index contributed by atoms with van der Waals surface area (Å²) in [5.74, 6) is 3.15. The standard InChI is InChI=1S/C11H9ClOS/c1-2-7-14-10-5-3-9(4-6-10)11(13)8-12/h1,3-6H,7-8H2. The number of benzene rings is 1. The second kappa shape index (κ2) is 5.74. The first-order valence-corrected chi connectivity index (χ1v) is 5.55. The molecule has 0 unspecified atom stereocenters. The molecule has 0 heterocycles. The largest absolute Gasteiger partial charge is 0.293 e. The number of Topliss-reactive ketones (excluding diaryl/α,β-unsaturated/α-hetero) is 1. The van der Waals surface area contributed by atoms with Crippen LogP contribution in [0.3, 0.4) is 0 Å². The summed E-state index contributed by atoms with van der Waals surface area (Å²) in [6, 6.07) is 7.29. The molecule has 0 fully saturated rings. The van der Waals surface area contributed by atoms with Gasteiger partial charge in [-0.2, -0.15) is 0 Å². The smallest absolute Gasteiger partial charge is 0.177 e. The molecule has 0 radical (unpaired) electrons. The van der Waals surface area contributed by atoms with E-state index in [2.05, 4.69) is 5.92 Å². The van der Waals surface area contributed by atoms with Crippen molar-refractivity contribution in [2.75, 3.05) is 11.6 Å². The first kappa shape index (κ1) is 11.2. The molecule has 1 aromatic carbocycles. The number of hydrogen-bond donors (Lipinski definition) is 0. The Labute approximate surface area is 92.8 Å². The second-order valence-corrected chi connectivity index (χ2v) is 3.89. The van der Waals surface area contributed by atoms with E-state index in [1.165, 1.54) is 0 Å². The zero-order valence-electron chi connectivity index (χ0n) is 7.50. The average molecular weight is 225 g/mol. The first-order valence-electron chi connectivity index (χ1n) is 4.03. The maximum Gasteiger partial charge on any atom is 0.177 e. The number of ketones is 1. The van der Waals surface area contributed by atoms with Crippen LogP contribution in [0, 0.1) is 12.3 Å². The van der Waals surface area contributed by atoms with Gasteiger partial charge in [0.25, 0.3) is 0 Å². The fraction of sp³-hybridized carbons (Fsp3) is 0.182. The molecule has 0 aliphatic rings. The minimum Gasteiger partial charge on any atom is -0.293 e. The molecule has 0 aromatic heterocycles. The van der Waals surface area contributed by atoms with Crippen LogP contribution in [-0.4, -0.2) is 17.4 Å². The van der Waals surface area contributed by atoms with Crippen LogP contribution in [-0.2, 0) is 0 Å².